The normalized spacial score (nSPS) is 19.0. The summed E-state index contributed by atoms with van der Waals surface area (Å²) in [4.78, 5) is 13.2. The van der Waals surface area contributed by atoms with Gasteiger partial charge < -0.3 is 35.2 Å². The molecule has 1 aliphatic heterocycles. The first-order valence-corrected chi connectivity index (χ1v) is 33.9. The molecule has 7 unspecified atom stereocenters. The van der Waals surface area contributed by atoms with Crippen molar-refractivity contribution in [3.05, 3.63) is 12.2 Å². The highest BCUT2D eigenvalue weighted by atomic mass is 32.3. The van der Waals surface area contributed by atoms with Gasteiger partial charge in [-0.15, -0.1) is 0 Å². The van der Waals surface area contributed by atoms with Crippen LogP contribution in [0.5, 0.6) is 0 Å². The zero-order valence-electron chi connectivity index (χ0n) is 49.4. The average molecular weight is 1100 g/mol. The Morgan fingerprint density at radius 2 is 0.842 bits per heavy atom. The maximum Gasteiger partial charge on any atom is 0.397 e. The predicted octanol–water partition coefficient (Wildman–Crippen LogP) is 16.2. The molecular weight excluding hydrogens is 979 g/mol. The lowest BCUT2D eigenvalue weighted by atomic mass is 9.99. The lowest BCUT2D eigenvalue weighted by molar-refractivity contribution is -0.298. The van der Waals surface area contributed by atoms with Crippen molar-refractivity contribution in [2.24, 2.45) is 0 Å². The van der Waals surface area contributed by atoms with Crippen LogP contribution in [0.2, 0.25) is 0 Å². The second-order valence-electron chi connectivity index (χ2n) is 23.1. The van der Waals surface area contributed by atoms with Gasteiger partial charge in [-0.2, -0.15) is 8.42 Å². The molecule has 452 valence electrons. The Kier molecular flexibility index (Phi) is 51.0. The van der Waals surface area contributed by atoms with Crippen molar-refractivity contribution in [3.8, 4) is 0 Å². The monoisotopic (exact) mass is 1100 g/mol. The minimum absolute atomic E-state index is 0.223. The van der Waals surface area contributed by atoms with Crippen LogP contribution in [0.4, 0.5) is 0 Å². The van der Waals surface area contributed by atoms with Crippen molar-refractivity contribution in [1.82, 2.24) is 5.32 Å². The third-order valence-corrected chi connectivity index (χ3v) is 16.3. The highest BCUT2D eigenvalue weighted by Gasteiger charge is 2.48. The summed E-state index contributed by atoms with van der Waals surface area (Å²) in [5.74, 6) is -0.223. The van der Waals surface area contributed by atoms with E-state index in [0.29, 0.717) is 12.8 Å². The Balaban J connectivity index is 2.17. The molecule has 1 aliphatic rings. The summed E-state index contributed by atoms with van der Waals surface area (Å²) in [5, 5.41) is 45.1. The van der Waals surface area contributed by atoms with E-state index in [-0.39, 0.29) is 12.5 Å². The van der Waals surface area contributed by atoms with Gasteiger partial charge in [0.2, 0.25) is 5.91 Å². The van der Waals surface area contributed by atoms with Gasteiger partial charge in [-0.25, -0.2) is 4.18 Å². The highest BCUT2D eigenvalue weighted by Crippen LogP contribution is 2.26. The molecule has 0 aromatic rings. The Labute approximate surface area is 468 Å². The topological polar surface area (TPSA) is 192 Å². The summed E-state index contributed by atoms with van der Waals surface area (Å²) in [6.07, 6.45) is 56.9. The molecule has 12 nitrogen and oxygen atoms in total. The van der Waals surface area contributed by atoms with Crippen LogP contribution in [-0.2, 0) is 28.9 Å². The summed E-state index contributed by atoms with van der Waals surface area (Å²) in [6, 6.07) is -0.855. The molecule has 6 N–H and O–H groups in total. The Bertz CT molecular complexity index is 1390. The molecule has 1 fully saturated rings. The predicted molar refractivity (Wildman–Crippen MR) is 315 cm³/mol. The van der Waals surface area contributed by atoms with Crippen molar-refractivity contribution in [2.45, 2.75) is 371 Å². The molecular formula is C63H123NO11S. The fraction of sp³-hybridized carbons (Fsp3) is 0.952. The number of allylic oxidation sites excluding steroid dienone is 2. The smallest absolute Gasteiger partial charge is 0.394 e. The summed E-state index contributed by atoms with van der Waals surface area (Å²) in [6.45, 7) is 3.50. The number of carbonyl (C=O) groups excluding carboxylic acids is 1. The van der Waals surface area contributed by atoms with Gasteiger partial charge in [-0.1, -0.05) is 296 Å². The van der Waals surface area contributed by atoms with E-state index in [2.05, 4.69) is 35.5 Å². The first kappa shape index (κ1) is 72.9. The molecule has 1 amide bonds. The number of aliphatic hydroxyl groups excluding tert-OH is 4. The maximum atomic E-state index is 13.2. The van der Waals surface area contributed by atoms with Gasteiger partial charge >= 0.3 is 10.4 Å². The van der Waals surface area contributed by atoms with Crippen LogP contribution in [0.1, 0.15) is 328 Å². The van der Waals surface area contributed by atoms with Crippen LogP contribution in [0.3, 0.4) is 0 Å². The summed E-state index contributed by atoms with van der Waals surface area (Å²) < 4.78 is 47.9. The van der Waals surface area contributed by atoms with Gasteiger partial charge in [0.05, 0.1) is 25.4 Å². The number of rotatable bonds is 58. The molecule has 0 aromatic heterocycles. The van der Waals surface area contributed by atoms with E-state index in [1.165, 1.54) is 250 Å². The van der Waals surface area contributed by atoms with Gasteiger partial charge in [-0.3, -0.25) is 9.35 Å². The number of hydrogen-bond donors (Lipinski definition) is 6. The van der Waals surface area contributed by atoms with Crippen molar-refractivity contribution in [1.29, 1.82) is 0 Å². The quantitative estimate of drug-likeness (QED) is 0.0193. The largest absolute Gasteiger partial charge is 0.397 e. The Hall–Kier alpha value is -1.16. The van der Waals surface area contributed by atoms with E-state index in [1.54, 1.807) is 0 Å². The Morgan fingerprint density at radius 1 is 0.513 bits per heavy atom. The molecule has 0 aromatic carbocycles. The standard InChI is InChI=1S/C63H123NO11S/c1-3-5-7-9-11-13-15-17-19-20-21-22-23-24-25-26-27-28-29-30-31-32-33-34-35-36-37-38-39-41-43-45-47-49-51-53-59(67)64-56(55-73-63-61(69)62(75-76(70,71)72)60(68)58(54-65)74-63)57(66)52-50-48-46-44-42-40-18-16-14-12-10-8-6-4-2/h26-27,56-58,60-63,65-66,68-69H,3-25,28-55H2,1-2H3,(H,64,67)(H,70,71,72)/b27-26-. The molecule has 0 bridgehead atoms. The van der Waals surface area contributed by atoms with Crippen LogP contribution in [0.25, 0.3) is 0 Å². The van der Waals surface area contributed by atoms with Crippen LogP contribution in [-0.4, -0.2) is 95.4 Å². The number of unbranched alkanes of at least 4 members (excludes halogenated alkanes) is 44. The van der Waals surface area contributed by atoms with Crippen molar-refractivity contribution in [2.75, 3.05) is 13.2 Å². The van der Waals surface area contributed by atoms with Crippen molar-refractivity contribution in [3.63, 3.8) is 0 Å². The lowest BCUT2D eigenvalue weighted by Gasteiger charge is -2.41. The summed E-state index contributed by atoms with van der Waals surface area (Å²) in [7, 11) is -5.08. The zero-order valence-corrected chi connectivity index (χ0v) is 50.2. The third-order valence-electron chi connectivity index (χ3n) is 15.8. The van der Waals surface area contributed by atoms with Crippen molar-refractivity contribution >= 4 is 16.3 Å². The minimum Gasteiger partial charge on any atom is -0.394 e. The molecule has 13 heteroatoms. The number of ether oxygens (including phenoxy) is 2. The second kappa shape index (κ2) is 53.2. The van der Waals surface area contributed by atoms with Gasteiger partial charge in [0.25, 0.3) is 0 Å². The SMILES string of the molecule is CCCCCCCCCCCCCCCC/C=C\CCCCCCCCCCCCCCCCCCCC(=O)NC(COC1OC(CO)C(O)C(OS(=O)(=O)O)C1O)C(O)CCCCCCCCCCCCCCCC. The van der Waals surface area contributed by atoms with Gasteiger partial charge in [0, 0.05) is 6.42 Å². The van der Waals surface area contributed by atoms with E-state index in [9.17, 15) is 38.2 Å². The van der Waals surface area contributed by atoms with Crippen LogP contribution in [0.15, 0.2) is 12.2 Å². The molecule has 1 rings (SSSR count). The fourth-order valence-electron chi connectivity index (χ4n) is 10.8. The number of carbonyl (C=O) groups is 1. The van der Waals surface area contributed by atoms with E-state index >= 15 is 0 Å². The van der Waals surface area contributed by atoms with Crippen molar-refractivity contribution < 1.29 is 51.8 Å². The molecule has 1 saturated heterocycles. The van der Waals surface area contributed by atoms with Gasteiger partial charge in [0.15, 0.2) is 6.29 Å². The summed E-state index contributed by atoms with van der Waals surface area (Å²) >= 11 is 0. The number of amides is 1. The van der Waals surface area contributed by atoms with E-state index in [4.69, 9.17) is 9.47 Å². The molecule has 76 heavy (non-hydrogen) atoms. The van der Waals surface area contributed by atoms with Gasteiger partial charge in [-0.05, 0) is 38.5 Å². The first-order valence-electron chi connectivity index (χ1n) is 32.6. The van der Waals surface area contributed by atoms with Crippen LogP contribution < -0.4 is 5.32 Å². The molecule has 1 heterocycles. The third kappa shape index (κ3) is 44.6. The number of nitrogens with one attached hydrogen (secondary N) is 1. The zero-order chi connectivity index (χ0) is 55.4. The number of hydrogen-bond acceptors (Lipinski definition) is 10. The average Bonchev–Trinajstić information content (AvgIpc) is 3.40. The van der Waals surface area contributed by atoms with E-state index in [1.807, 2.05) is 0 Å². The highest BCUT2D eigenvalue weighted by molar-refractivity contribution is 7.80. The molecule has 0 radical (unpaired) electrons. The molecule has 0 saturated carbocycles. The Morgan fingerprint density at radius 3 is 1.18 bits per heavy atom. The first-order chi connectivity index (χ1) is 37.0. The molecule has 0 aliphatic carbocycles. The fourth-order valence-corrected chi connectivity index (χ4v) is 11.3. The van der Waals surface area contributed by atoms with E-state index < -0.39 is 59.9 Å². The summed E-state index contributed by atoms with van der Waals surface area (Å²) in [5.41, 5.74) is 0. The van der Waals surface area contributed by atoms with Gasteiger partial charge in [0.1, 0.15) is 24.4 Å². The molecule has 0 spiro atoms. The lowest BCUT2D eigenvalue weighted by Crippen LogP contribution is -2.61. The second-order valence-corrected chi connectivity index (χ2v) is 24.1. The van der Waals surface area contributed by atoms with Crippen LogP contribution in [0, 0.1) is 0 Å². The van der Waals surface area contributed by atoms with E-state index in [0.717, 1.165) is 51.4 Å². The maximum absolute atomic E-state index is 13.2. The minimum atomic E-state index is -5.08. The number of aliphatic hydroxyl groups is 4. The molecule has 7 atom stereocenters. The van der Waals surface area contributed by atoms with Crippen LogP contribution >= 0.6 is 0 Å².